The second-order valence-corrected chi connectivity index (χ2v) is 4.53. The van der Waals surface area contributed by atoms with Gasteiger partial charge in [-0.25, -0.2) is 0 Å². The second kappa shape index (κ2) is 3.36. The monoisotopic (exact) mass is 231 g/mol. The molecule has 4 aromatic carbocycles. The fourth-order valence-corrected chi connectivity index (χ4v) is 2.81. The normalized spacial score (nSPS) is 11.6. The van der Waals surface area contributed by atoms with E-state index in [0.29, 0.717) is 0 Å². The van der Waals surface area contributed by atoms with Crippen LogP contribution in [0.15, 0.2) is 48.5 Å². The minimum atomic E-state index is 0.931. The molecular formula is C17H11O. The van der Waals surface area contributed by atoms with Crippen LogP contribution in [-0.4, -0.2) is 7.11 Å². The summed E-state index contributed by atoms with van der Waals surface area (Å²) >= 11 is 0. The number of hydrogen-bond acceptors (Lipinski definition) is 1. The molecule has 0 aliphatic rings. The average Bonchev–Trinajstić information content (AvgIpc) is 2.44. The summed E-state index contributed by atoms with van der Waals surface area (Å²) in [5, 5.41) is 7.41. The Morgan fingerprint density at radius 2 is 1.61 bits per heavy atom. The van der Waals surface area contributed by atoms with Gasteiger partial charge in [-0.1, -0.05) is 36.4 Å². The van der Waals surface area contributed by atoms with Crippen LogP contribution >= 0.6 is 0 Å². The van der Waals surface area contributed by atoms with Crippen molar-refractivity contribution in [3.63, 3.8) is 0 Å². The minimum Gasteiger partial charge on any atom is -0.496 e. The molecule has 0 fully saturated rings. The average molecular weight is 231 g/mol. The van der Waals surface area contributed by atoms with Crippen molar-refractivity contribution in [2.45, 2.75) is 0 Å². The Bertz CT molecular complexity index is 845. The molecule has 18 heavy (non-hydrogen) atoms. The van der Waals surface area contributed by atoms with Crippen molar-refractivity contribution in [2.75, 3.05) is 7.11 Å². The summed E-state index contributed by atoms with van der Waals surface area (Å²) in [6.45, 7) is 0. The van der Waals surface area contributed by atoms with E-state index in [1.807, 2.05) is 12.1 Å². The first-order valence-electron chi connectivity index (χ1n) is 6.01. The number of methoxy groups -OCH3 is 1. The van der Waals surface area contributed by atoms with Gasteiger partial charge in [-0.3, -0.25) is 0 Å². The topological polar surface area (TPSA) is 9.23 Å². The van der Waals surface area contributed by atoms with Gasteiger partial charge in [0.15, 0.2) is 0 Å². The van der Waals surface area contributed by atoms with Crippen molar-refractivity contribution in [3.8, 4) is 5.75 Å². The lowest BCUT2D eigenvalue weighted by molar-refractivity contribution is 0.420. The minimum absolute atomic E-state index is 0.931. The zero-order valence-corrected chi connectivity index (χ0v) is 10.0. The first-order chi connectivity index (χ1) is 8.88. The van der Waals surface area contributed by atoms with E-state index in [0.717, 1.165) is 5.75 Å². The SMILES string of the molecule is COc1ccc2ccc3cc[c]c4ccc1c2c43. The smallest absolute Gasteiger partial charge is 0.126 e. The van der Waals surface area contributed by atoms with E-state index >= 15 is 0 Å². The van der Waals surface area contributed by atoms with Gasteiger partial charge in [-0.2, -0.15) is 0 Å². The molecule has 85 valence electrons. The summed E-state index contributed by atoms with van der Waals surface area (Å²) in [5.41, 5.74) is 0. The van der Waals surface area contributed by atoms with Gasteiger partial charge in [0.25, 0.3) is 0 Å². The Hall–Kier alpha value is -2.28. The molecule has 0 atom stereocenters. The summed E-state index contributed by atoms with van der Waals surface area (Å²) in [4.78, 5) is 0. The van der Waals surface area contributed by atoms with Crippen molar-refractivity contribution < 1.29 is 4.74 Å². The van der Waals surface area contributed by atoms with Crippen LogP contribution in [0, 0.1) is 6.07 Å². The van der Waals surface area contributed by atoms with Crippen LogP contribution in [0.1, 0.15) is 0 Å². The van der Waals surface area contributed by atoms with Gasteiger partial charge in [0.2, 0.25) is 0 Å². The highest BCUT2D eigenvalue weighted by Gasteiger charge is 2.10. The molecule has 0 aliphatic carbocycles. The third-order valence-electron chi connectivity index (χ3n) is 3.63. The van der Waals surface area contributed by atoms with E-state index in [2.05, 4.69) is 42.5 Å². The zero-order valence-electron chi connectivity index (χ0n) is 10.0. The Kier molecular flexibility index (Phi) is 1.81. The highest BCUT2D eigenvalue weighted by molar-refractivity contribution is 6.23. The van der Waals surface area contributed by atoms with Gasteiger partial charge in [0, 0.05) is 10.8 Å². The van der Waals surface area contributed by atoms with Crippen molar-refractivity contribution in [3.05, 3.63) is 54.6 Å². The predicted octanol–water partition coefficient (Wildman–Crippen LogP) is 4.39. The Morgan fingerprint density at radius 3 is 2.44 bits per heavy atom. The van der Waals surface area contributed by atoms with Crippen LogP contribution < -0.4 is 4.74 Å². The van der Waals surface area contributed by atoms with E-state index in [1.165, 1.54) is 32.3 Å². The summed E-state index contributed by atoms with van der Waals surface area (Å²) in [5.74, 6) is 0.931. The zero-order chi connectivity index (χ0) is 12.1. The third kappa shape index (κ3) is 1.11. The van der Waals surface area contributed by atoms with Crippen molar-refractivity contribution in [1.82, 2.24) is 0 Å². The van der Waals surface area contributed by atoms with Crippen LogP contribution in [-0.2, 0) is 0 Å². The van der Waals surface area contributed by atoms with Gasteiger partial charge in [-0.15, -0.1) is 0 Å². The molecule has 0 amide bonds. The van der Waals surface area contributed by atoms with Gasteiger partial charge in [0.05, 0.1) is 7.11 Å². The standard InChI is InChI=1S/C17H11O/c1-18-15-10-8-13-6-5-11-3-2-4-12-7-9-14(15)17(13)16(11)12/h2-3,5-10H,1H3. The number of ether oxygens (including phenoxy) is 1. The van der Waals surface area contributed by atoms with Crippen molar-refractivity contribution >= 4 is 32.3 Å². The molecule has 4 rings (SSSR count). The van der Waals surface area contributed by atoms with Gasteiger partial charge < -0.3 is 4.74 Å². The quantitative estimate of drug-likeness (QED) is 0.441. The third-order valence-corrected chi connectivity index (χ3v) is 3.63. The Labute approximate surface area is 105 Å². The fourth-order valence-electron chi connectivity index (χ4n) is 2.81. The lowest BCUT2D eigenvalue weighted by atomic mass is 9.94. The fraction of sp³-hybridized carbons (Fsp3) is 0.0588. The molecule has 4 aromatic rings. The van der Waals surface area contributed by atoms with Gasteiger partial charge in [0.1, 0.15) is 5.75 Å². The van der Waals surface area contributed by atoms with E-state index in [9.17, 15) is 0 Å². The highest BCUT2D eigenvalue weighted by atomic mass is 16.5. The molecule has 0 aromatic heterocycles. The van der Waals surface area contributed by atoms with E-state index in [1.54, 1.807) is 7.11 Å². The van der Waals surface area contributed by atoms with Gasteiger partial charge in [-0.05, 0) is 39.7 Å². The van der Waals surface area contributed by atoms with Crippen LogP contribution in [0.2, 0.25) is 0 Å². The molecule has 1 nitrogen and oxygen atoms in total. The predicted molar refractivity (Wildman–Crippen MR) is 75.5 cm³/mol. The lowest BCUT2D eigenvalue weighted by Crippen LogP contribution is -1.88. The molecule has 0 heterocycles. The number of hydrogen-bond donors (Lipinski definition) is 0. The molecule has 0 N–H and O–H groups in total. The molecule has 1 radical (unpaired) electrons. The van der Waals surface area contributed by atoms with Crippen LogP contribution in [0.4, 0.5) is 0 Å². The van der Waals surface area contributed by atoms with E-state index in [4.69, 9.17) is 4.74 Å². The van der Waals surface area contributed by atoms with E-state index < -0.39 is 0 Å². The first-order valence-corrected chi connectivity index (χ1v) is 6.01. The summed E-state index contributed by atoms with van der Waals surface area (Å²) in [6.07, 6.45) is 0. The van der Waals surface area contributed by atoms with Crippen molar-refractivity contribution in [1.29, 1.82) is 0 Å². The maximum absolute atomic E-state index is 5.46. The largest absolute Gasteiger partial charge is 0.496 e. The highest BCUT2D eigenvalue weighted by Crippen LogP contribution is 2.37. The van der Waals surface area contributed by atoms with Crippen LogP contribution in [0.5, 0.6) is 5.75 Å². The molecular weight excluding hydrogens is 220 g/mol. The number of benzene rings is 4. The maximum Gasteiger partial charge on any atom is 0.126 e. The van der Waals surface area contributed by atoms with Crippen LogP contribution in [0.25, 0.3) is 32.3 Å². The molecule has 0 aliphatic heterocycles. The molecule has 0 bridgehead atoms. The van der Waals surface area contributed by atoms with Crippen LogP contribution in [0.3, 0.4) is 0 Å². The molecule has 0 spiro atoms. The maximum atomic E-state index is 5.46. The van der Waals surface area contributed by atoms with E-state index in [-0.39, 0.29) is 0 Å². The summed E-state index contributed by atoms with van der Waals surface area (Å²) in [7, 11) is 1.72. The van der Waals surface area contributed by atoms with Gasteiger partial charge >= 0.3 is 0 Å². The summed E-state index contributed by atoms with van der Waals surface area (Å²) < 4.78 is 5.46. The Morgan fingerprint density at radius 1 is 0.833 bits per heavy atom. The second-order valence-electron chi connectivity index (χ2n) is 4.53. The molecule has 0 unspecified atom stereocenters. The molecule has 1 heteroatoms. The summed E-state index contributed by atoms with van der Waals surface area (Å²) in [6, 6.07) is 20.1. The van der Waals surface area contributed by atoms with Crippen molar-refractivity contribution in [2.24, 2.45) is 0 Å². The molecule has 0 saturated carbocycles. The lowest BCUT2D eigenvalue weighted by Gasteiger charge is -2.12. The first kappa shape index (κ1) is 9.72. The Balaban J connectivity index is 2.40. The number of rotatable bonds is 1. The molecule has 0 saturated heterocycles.